The van der Waals surface area contributed by atoms with Gasteiger partial charge in [-0.05, 0) is 36.5 Å². The van der Waals surface area contributed by atoms with Gasteiger partial charge < -0.3 is 4.57 Å². The minimum atomic E-state index is -0.233. The number of nitriles is 1. The highest BCUT2D eigenvalue weighted by Crippen LogP contribution is 2.51. The third-order valence-electron chi connectivity index (χ3n) is 5.95. The molecule has 5 rings (SSSR count). The van der Waals surface area contributed by atoms with Crippen LogP contribution >= 0.6 is 0 Å². The number of aromatic nitrogens is 6. The summed E-state index contributed by atoms with van der Waals surface area (Å²) in [6, 6.07) is 10.1. The molecule has 8 nitrogen and oxygen atoms in total. The van der Waals surface area contributed by atoms with E-state index < -0.39 is 0 Å². The predicted octanol–water partition coefficient (Wildman–Crippen LogP) is 2.43. The van der Waals surface area contributed by atoms with Crippen LogP contribution in [0.4, 0.5) is 0 Å². The lowest BCUT2D eigenvalue weighted by Gasteiger charge is -2.46. The van der Waals surface area contributed by atoms with Crippen LogP contribution in [0, 0.1) is 17.2 Å². The Morgan fingerprint density at radius 3 is 2.86 bits per heavy atom. The molecule has 1 saturated carbocycles. The molecular weight excluding hydrogens is 366 g/mol. The number of hydrogen-bond acceptors (Lipinski definition) is 5. The average molecular weight is 385 g/mol. The summed E-state index contributed by atoms with van der Waals surface area (Å²) in [5.41, 5.74) is 2.08. The molecule has 0 radical (unpaired) electrons. The van der Waals surface area contributed by atoms with E-state index in [9.17, 15) is 10.1 Å². The van der Waals surface area contributed by atoms with Crippen molar-refractivity contribution in [1.82, 2.24) is 29.5 Å². The highest BCUT2D eigenvalue weighted by Gasteiger charge is 2.48. The first-order valence-electron chi connectivity index (χ1n) is 9.48. The number of hydrogen-bond donors (Lipinski definition) is 1. The molecule has 0 aliphatic heterocycles. The van der Waals surface area contributed by atoms with Crippen molar-refractivity contribution in [2.75, 3.05) is 0 Å². The first kappa shape index (κ1) is 17.4. The topological polar surface area (TPSA) is 105 Å². The number of aryl methyl sites for hydroxylation is 1. The van der Waals surface area contributed by atoms with Crippen LogP contribution in [0.25, 0.3) is 16.6 Å². The molecule has 1 aliphatic rings. The lowest BCUT2D eigenvalue weighted by Crippen LogP contribution is -2.43. The molecule has 3 heterocycles. The first-order valence-corrected chi connectivity index (χ1v) is 9.48. The number of fused-ring (bicyclic) bond motifs is 1. The number of H-pyrrole nitrogens is 1. The zero-order chi connectivity index (χ0) is 20.2. The lowest BCUT2D eigenvalue weighted by atomic mass is 9.58. The third kappa shape index (κ3) is 2.44. The van der Waals surface area contributed by atoms with Gasteiger partial charge in [-0.3, -0.25) is 14.5 Å². The Hall–Kier alpha value is -3.73. The smallest absolute Gasteiger partial charge is 0.281 e. The summed E-state index contributed by atoms with van der Waals surface area (Å²) in [6.45, 7) is 2.23. The van der Waals surface area contributed by atoms with Crippen molar-refractivity contribution in [2.45, 2.75) is 25.2 Å². The zero-order valence-electron chi connectivity index (χ0n) is 16.1. The Morgan fingerprint density at radius 1 is 1.34 bits per heavy atom. The summed E-state index contributed by atoms with van der Waals surface area (Å²) >= 11 is 0. The number of benzene rings is 1. The summed E-state index contributed by atoms with van der Waals surface area (Å²) < 4.78 is 3.48. The van der Waals surface area contributed by atoms with E-state index in [1.54, 1.807) is 12.5 Å². The fourth-order valence-electron chi connectivity index (χ4n) is 4.66. The number of pyridine rings is 1. The van der Waals surface area contributed by atoms with Crippen molar-refractivity contribution in [2.24, 2.45) is 13.0 Å². The Kier molecular flexibility index (Phi) is 3.68. The van der Waals surface area contributed by atoms with Gasteiger partial charge in [-0.15, -0.1) is 10.2 Å². The van der Waals surface area contributed by atoms with Gasteiger partial charge in [0.2, 0.25) is 0 Å². The van der Waals surface area contributed by atoms with Gasteiger partial charge in [-0.2, -0.15) is 10.4 Å². The van der Waals surface area contributed by atoms with Gasteiger partial charge in [0.25, 0.3) is 5.56 Å². The van der Waals surface area contributed by atoms with Crippen molar-refractivity contribution < 1.29 is 0 Å². The van der Waals surface area contributed by atoms with E-state index in [2.05, 4.69) is 39.5 Å². The van der Waals surface area contributed by atoms with E-state index in [4.69, 9.17) is 0 Å². The van der Waals surface area contributed by atoms with Crippen LogP contribution in [0.15, 0.2) is 47.8 Å². The molecule has 3 aromatic heterocycles. The fraction of sp³-hybridized carbons (Fsp3) is 0.286. The maximum atomic E-state index is 13.0. The Bertz CT molecular complexity index is 1330. The second kappa shape index (κ2) is 6.14. The molecule has 8 heteroatoms. The largest absolute Gasteiger partial charge is 0.320 e. The molecular formula is C21H19N7O. The molecule has 29 heavy (non-hydrogen) atoms. The van der Waals surface area contributed by atoms with E-state index >= 15 is 0 Å². The summed E-state index contributed by atoms with van der Waals surface area (Å²) in [7, 11) is 1.96. The van der Waals surface area contributed by atoms with Gasteiger partial charge >= 0.3 is 0 Å². The van der Waals surface area contributed by atoms with Crippen molar-refractivity contribution in [3.05, 3.63) is 70.3 Å². The van der Waals surface area contributed by atoms with Crippen LogP contribution in [0.1, 0.15) is 36.7 Å². The fourth-order valence-corrected chi connectivity index (χ4v) is 4.66. The standard InChI is InChI=1S/C21H19N7O/c1-13-7-21(8-13,20-26-24-12-27(20)2)15-4-3-5-16(6-15)28-11-14(9-22)17-10-23-25-18(17)19(28)29/h3-6,10-13H,7-8H2,1-2H3,(H,23,25). The van der Waals surface area contributed by atoms with Crippen LogP contribution in [0.2, 0.25) is 0 Å². The normalized spacial score (nSPS) is 21.1. The third-order valence-corrected chi connectivity index (χ3v) is 5.95. The van der Waals surface area contributed by atoms with Crippen molar-refractivity contribution in [3.63, 3.8) is 0 Å². The average Bonchev–Trinajstić information content (AvgIpc) is 3.36. The van der Waals surface area contributed by atoms with Crippen molar-refractivity contribution in [1.29, 1.82) is 5.26 Å². The maximum absolute atomic E-state index is 13.0. The number of nitrogens with one attached hydrogen (secondary N) is 1. The van der Waals surface area contributed by atoms with E-state index in [-0.39, 0.29) is 11.0 Å². The Morgan fingerprint density at radius 2 is 2.17 bits per heavy atom. The Labute approximate surface area is 166 Å². The Balaban J connectivity index is 1.69. The number of aromatic amines is 1. The van der Waals surface area contributed by atoms with Crippen molar-refractivity contribution >= 4 is 10.9 Å². The predicted molar refractivity (Wildman–Crippen MR) is 107 cm³/mol. The summed E-state index contributed by atoms with van der Waals surface area (Å²) in [4.78, 5) is 13.0. The van der Waals surface area contributed by atoms with Crippen LogP contribution in [-0.2, 0) is 12.5 Å². The van der Waals surface area contributed by atoms with Gasteiger partial charge in [0, 0.05) is 24.3 Å². The molecule has 0 atom stereocenters. The molecule has 1 aliphatic carbocycles. The zero-order valence-corrected chi connectivity index (χ0v) is 16.1. The van der Waals surface area contributed by atoms with Gasteiger partial charge in [0.05, 0.1) is 17.2 Å². The SMILES string of the molecule is CC1CC(c2cccc(-n3cc(C#N)c4cn[nH]c4c3=O)c2)(c2nncn2C)C1. The second-order valence-corrected chi connectivity index (χ2v) is 7.90. The van der Waals surface area contributed by atoms with Gasteiger partial charge in [-0.25, -0.2) is 0 Å². The van der Waals surface area contributed by atoms with E-state index in [0.717, 1.165) is 24.2 Å². The first-order chi connectivity index (χ1) is 14.0. The molecule has 0 amide bonds. The summed E-state index contributed by atoms with van der Waals surface area (Å²) in [6.07, 6.45) is 6.76. The molecule has 0 unspecified atom stereocenters. The highest BCUT2D eigenvalue weighted by atomic mass is 16.1. The minimum absolute atomic E-state index is 0.222. The van der Waals surface area contributed by atoms with E-state index in [1.165, 1.54) is 10.8 Å². The number of rotatable bonds is 3. The van der Waals surface area contributed by atoms with E-state index in [1.807, 2.05) is 29.8 Å². The molecule has 144 valence electrons. The highest BCUT2D eigenvalue weighted by molar-refractivity contribution is 5.83. The van der Waals surface area contributed by atoms with Gasteiger partial charge in [0.1, 0.15) is 23.7 Å². The molecule has 1 aromatic carbocycles. The maximum Gasteiger partial charge on any atom is 0.281 e. The van der Waals surface area contributed by atoms with Gasteiger partial charge in [-0.1, -0.05) is 19.1 Å². The molecule has 0 saturated heterocycles. The number of nitrogens with zero attached hydrogens (tertiary/aromatic N) is 6. The van der Waals surface area contributed by atoms with Crippen LogP contribution in [-0.4, -0.2) is 29.5 Å². The molecule has 1 N–H and O–H groups in total. The van der Waals surface area contributed by atoms with E-state index in [0.29, 0.717) is 28.1 Å². The van der Waals surface area contributed by atoms with Gasteiger partial charge in [0.15, 0.2) is 0 Å². The van der Waals surface area contributed by atoms with Crippen LogP contribution < -0.4 is 5.56 Å². The summed E-state index contributed by atoms with van der Waals surface area (Å²) in [5.74, 6) is 1.52. The molecule has 4 aromatic rings. The summed E-state index contributed by atoms with van der Waals surface area (Å²) in [5, 5.41) is 25.2. The van der Waals surface area contributed by atoms with Crippen molar-refractivity contribution in [3.8, 4) is 11.8 Å². The monoisotopic (exact) mass is 385 g/mol. The minimum Gasteiger partial charge on any atom is -0.320 e. The van der Waals surface area contributed by atoms with Crippen LogP contribution in [0.3, 0.4) is 0 Å². The quantitative estimate of drug-likeness (QED) is 0.583. The molecule has 1 fully saturated rings. The molecule has 0 bridgehead atoms. The molecule has 0 spiro atoms. The lowest BCUT2D eigenvalue weighted by molar-refractivity contribution is 0.185. The second-order valence-electron chi connectivity index (χ2n) is 7.90. The van der Waals surface area contributed by atoms with Crippen LogP contribution in [0.5, 0.6) is 0 Å².